The first kappa shape index (κ1) is 24.2. The summed E-state index contributed by atoms with van der Waals surface area (Å²) in [5, 5.41) is 4.72. The Labute approximate surface area is 244 Å². The zero-order valence-corrected chi connectivity index (χ0v) is 22.9. The highest BCUT2D eigenvalue weighted by Crippen LogP contribution is 2.38. The lowest BCUT2D eigenvalue weighted by Gasteiger charge is -2.26. The van der Waals surface area contributed by atoms with Gasteiger partial charge in [0.1, 0.15) is 11.2 Å². The first-order chi connectivity index (χ1) is 20.8. The molecule has 8 aromatic rings. The van der Waals surface area contributed by atoms with Gasteiger partial charge in [-0.25, -0.2) is 0 Å². The van der Waals surface area contributed by atoms with E-state index in [1.807, 2.05) is 0 Å². The van der Waals surface area contributed by atoms with Gasteiger partial charge in [0.25, 0.3) is 0 Å². The molecule has 0 spiro atoms. The van der Waals surface area contributed by atoms with Crippen LogP contribution in [-0.4, -0.2) is 0 Å². The fraction of sp³-hybridized carbons (Fsp3) is 0. The Hall–Kier alpha value is -5.60. The van der Waals surface area contributed by atoms with Gasteiger partial charge in [0.15, 0.2) is 0 Å². The molecule has 42 heavy (non-hydrogen) atoms. The predicted octanol–water partition coefficient (Wildman–Crippen LogP) is 11.5. The number of nitrogens with zero attached hydrogens (tertiary/aromatic N) is 1. The molecule has 1 aromatic heterocycles. The molecule has 0 fully saturated rings. The third kappa shape index (κ3) is 4.31. The molecule has 7 aromatic carbocycles. The molecular weight excluding hydrogens is 510 g/mol. The molecule has 8 rings (SSSR count). The third-order valence-corrected chi connectivity index (χ3v) is 8.05. The lowest BCUT2D eigenvalue weighted by atomic mass is 10.0. The minimum absolute atomic E-state index is 0.909. The maximum Gasteiger partial charge on any atom is 0.136 e. The molecule has 1 heterocycles. The Morgan fingerprint density at radius 3 is 1.48 bits per heavy atom. The van der Waals surface area contributed by atoms with Gasteiger partial charge in [-0.15, -0.1) is 0 Å². The van der Waals surface area contributed by atoms with E-state index in [1.165, 1.54) is 21.9 Å². The van der Waals surface area contributed by atoms with Gasteiger partial charge in [-0.1, -0.05) is 103 Å². The van der Waals surface area contributed by atoms with Crippen LogP contribution in [0.1, 0.15) is 0 Å². The predicted molar refractivity (Wildman–Crippen MR) is 177 cm³/mol. The minimum atomic E-state index is 0.909. The van der Waals surface area contributed by atoms with E-state index in [-0.39, 0.29) is 0 Å². The number of furan rings is 1. The Bertz CT molecular complexity index is 2160. The van der Waals surface area contributed by atoms with Crippen LogP contribution < -0.4 is 4.90 Å². The SMILES string of the molecule is c1ccc(-c2ccc(N(c3ccccc3)c3ccc(-c4ccc5c(c4)oc4cc6ccccc6cc45)cc3)cc2)cc1. The number of benzene rings is 7. The Morgan fingerprint density at radius 1 is 0.333 bits per heavy atom. The van der Waals surface area contributed by atoms with Crippen molar-refractivity contribution in [2.75, 3.05) is 4.90 Å². The van der Waals surface area contributed by atoms with Crippen molar-refractivity contribution in [3.63, 3.8) is 0 Å². The van der Waals surface area contributed by atoms with E-state index in [2.05, 4.69) is 169 Å². The van der Waals surface area contributed by atoms with Gasteiger partial charge in [0.05, 0.1) is 0 Å². The average molecular weight is 538 g/mol. The van der Waals surface area contributed by atoms with E-state index in [0.29, 0.717) is 0 Å². The molecule has 198 valence electrons. The third-order valence-electron chi connectivity index (χ3n) is 8.05. The summed E-state index contributed by atoms with van der Waals surface area (Å²) in [6, 6.07) is 57.9. The van der Waals surface area contributed by atoms with Crippen LogP contribution in [0, 0.1) is 0 Å². The highest BCUT2D eigenvalue weighted by Gasteiger charge is 2.14. The maximum atomic E-state index is 6.33. The van der Waals surface area contributed by atoms with Gasteiger partial charge >= 0.3 is 0 Å². The summed E-state index contributed by atoms with van der Waals surface area (Å²) in [7, 11) is 0. The molecule has 0 bridgehead atoms. The maximum absolute atomic E-state index is 6.33. The van der Waals surface area contributed by atoms with Gasteiger partial charge in [-0.3, -0.25) is 0 Å². The van der Waals surface area contributed by atoms with Crippen LogP contribution in [-0.2, 0) is 0 Å². The topological polar surface area (TPSA) is 16.4 Å². The normalized spacial score (nSPS) is 11.3. The lowest BCUT2D eigenvalue weighted by Crippen LogP contribution is -2.09. The highest BCUT2D eigenvalue weighted by molar-refractivity contribution is 6.10. The van der Waals surface area contributed by atoms with Gasteiger partial charge in [-0.2, -0.15) is 0 Å². The molecule has 2 nitrogen and oxygen atoms in total. The molecule has 0 unspecified atom stereocenters. The molecule has 0 radical (unpaired) electrons. The molecular formula is C40H27NO. The van der Waals surface area contributed by atoms with Crippen LogP contribution in [0.5, 0.6) is 0 Å². The van der Waals surface area contributed by atoms with Crippen molar-refractivity contribution in [3.8, 4) is 22.3 Å². The fourth-order valence-corrected chi connectivity index (χ4v) is 5.90. The molecule has 0 aliphatic heterocycles. The summed E-state index contributed by atoms with van der Waals surface area (Å²) in [4.78, 5) is 2.30. The van der Waals surface area contributed by atoms with Crippen LogP contribution in [0.2, 0.25) is 0 Å². The van der Waals surface area contributed by atoms with Gasteiger partial charge in [-0.05, 0) is 93.7 Å². The molecule has 0 atom stereocenters. The second-order valence-electron chi connectivity index (χ2n) is 10.6. The van der Waals surface area contributed by atoms with E-state index in [9.17, 15) is 0 Å². The zero-order valence-electron chi connectivity index (χ0n) is 22.9. The summed E-state index contributed by atoms with van der Waals surface area (Å²) in [5.74, 6) is 0. The van der Waals surface area contributed by atoms with E-state index in [1.54, 1.807) is 0 Å². The summed E-state index contributed by atoms with van der Waals surface area (Å²) in [6.07, 6.45) is 0. The van der Waals surface area contributed by atoms with Crippen molar-refractivity contribution in [2.24, 2.45) is 0 Å². The Kier molecular flexibility index (Phi) is 5.82. The van der Waals surface area contributed by atoms with Crippen LogP contribution >= 0.6 is 0 Å². The molecule has 0 aliphatic rings. The number of fused-ring (bicyclic) bond motifs is 4. The van der Waals surface area contributed by atoms with Gasteiger partial charge in [0, 0.05) is 27.8 Å². The first-order valence-corrected chi connectivity index (χ1v) is 14.3. The average Bonchev–Trinajstić information content (AvgIpc) is 3.42. The quantitative estimate of drug-likeness (QED) is 0.217. The van der Waals surface area contributed by atoms with E-state index in [0.717, 1.165) is 50.1 Å². The molecule has 0 saturated carbocycles. The van der Waals surface area contributed by atoms with Crippen LogP contribution in [0.4, 0.5) is 17.1 Å². The van der Waals surface area contributed by atoms with Crippen molar-refractivity contribution < 1.29 is 4.42 Å². The Balaban J connectivity index is 1.15. The number of hydrogen-bond acceptors (Lipinski definition) is 2. The molecule has 0 saturated heterocycles. The van der Waals surface area contributed by atoms with Crippen LogP contribution in [0.3, 0.4) is 0 Å². The van der Waals surface area contributed by atoms with Crippen molar-refractivity contribution in [3.05, 3.63) is 164 Å². The van der Waals surface area contributed by atoms with Crippen molar-refractivity contribution in [1.82, 2.24) is 0 Å². The van der Waals surface area contributed by atoms with Crippen molar-refractivity contribution in [1.29, 1.82) is 0 Å². The van der Waals surface area contributed by atoms with E-state index in [4.69, 9.17) is 4.42 Å². The molecule has 0 N–H and O–H groups in total. The summed E-state index contributed by atoms with van der Waals surface area (Å²) in [5.41, 5.74) is 9.88. The van der Waals surface area contributed by atoms with E-state index >= 15 is 0 Å². The minimum Gasteiger partial charge on any atom is -0.456 e. The van der Waals surface area contributed by atoms with Gasteiger partial charge < -0.3 is 9.32 Å². The standard InChI is InChI=1S/C40H27NO/c1-3-9-28(10-4-1)29-15-20-35(21-16-29)41(34-13-5-2-6-14-34)36-22-17-30(18-23-36)33-19-24-37-38-25-31-11-7-8-12-32(31)26-40(38)42-39(37)27-33/h1-27H. The summed E-state index contributed by atoms with van der Waals surface area (Å²) >= 11 is 0. The summed E-state index contributed by atoms with van der Waals surface area (Å²) < 4.78 is 6.33. The van der Waals surface area contributed by atoms with Gasteiger partial charge in [0.2, 0.25) is 0 Å². The largest absolute Gasteiger partial charge is 0.456 e. The monoisotopic (exact) mass is 537 g/mol. The number of para-hydroxylation sites is 1. The van der Waals surface area contributed by atoms with E-state index < -0.39 is 0 Å². The number of anilines is 3. The smallest absolute Gasteiger partial charge is 0.136 e. The molecule has 2 heteroatoms. The fourth-order valence-electron chi connectivity index (χ4n) is 5.90. The first-order valence-electron chi connectivity index (χ1n) is 14.3. The number of hydrogen-bond donors (Lipinski definition) is 0. The van der Waals surface area contributed by atoms with Crippen molar-refractivity contribution in [2.45, 2.75) is 0 Å². The second-order valence-corrected chi connectivity index (χ2v) is 10.6. The zero-order chi connectivity index (χ0) is 27.9. The highest BCUT2D eigenvalue weighted by atomic mass is 16.3. The van der Waals surface area contributed by atoms with Crippen LogP contribution in [0.15, 0.2) is 168 Å². The van der Waals surface area contributed by atoms with Crippen LogP contribution in [0.25, 0.3) is 55.0 Å². The molecule has 0 amide bonds. The van der Waals surface area contributed by atoms with Crippen molar-refractivity contribution >= 4 is 49.8 Å². The second kappa shape index (κ2) is 10.1. The molecule has 0 aliphatic carbocycles. The summed E-state index contributed by atoms with van der Waals surface area (Å²) in [6.45, 7) is 0. The Morgan fingerprint density at radius 2 is 0.810 bits per heavy atom. The number of rotatable bonds is 5. The lowest BCUT2D eigenvalue weighted by molar-refractivity contribution is 0.669.